The van der Waals surface area contributed by atoms with E-state index in [2.05, 4.69) is 37.0 Å². The van der Waals surface area contributed by atoms with E-state index in [1.807, 2.05) is 10.9 Å². The van der Waals surface area contributed by atoms with Crippen LogP contribution in [0.15, 0.2) is 12.4 Å². The lowest BCUT2D eigenvalue weighted by atomic mass is 10.1. The van der Waals surface area contributed by atoms with Gasteiger partial charge in [-0.15, -0.1) is 0 Å². The van der Waals surface area contributed by atoms with E-state index in [-0.39, 0.29) is 0 Å². The van der Waals surface area contributed by atoms with Crippen LogP contribution < -0.4 is 5.73 Å². The van der Waals surface area contributed by atoms with Gasteiger partial charge in [-0.25, -0.2) is 0 Å². The van der Waals surface area contributed by atoms with Crippen LogP contribution in [-0.4, -0.2) is 34.3 Å². The predicted molar refractivity (Wildman–Crippen MR) is 85.7 cm³/mol. The molecular formula is C16H32N4. The first kappa shape index (κ1) is 17.2. The summed E-state index contributed by atoms with van der Waals surface area (Å²) in [4.78, 5) is 2.54. The van der Waals surface area contributed by atoms with Gasteiger partial charge < -0.3 is 5.73 Å². The third kappa shape index (κ3) is 5.25. The minimum atomic E-state index is 0.318. The number of rotatable bonds is 11. The fraction of sp³-hybridized carbons (Fsp3) is 0.812. The third-order valence-corrected chi connectivity index (χ3v) is 3.75. The molecule has 0 radical (unpaired) electrons. The summed E-state index contributed by atoms with van der Waals surface area (Å²) < 4.78 is 2.04. The summed E-state index contributed by atoms with van der Waals surface area (Å²) in [6.45, 7) is 10.6. The van der Waals surface area contributed by atoms with Crippen molar-refractivity contribution in [2.24, 2.45) is 5.73 Å². The van der Waals surface area contributed by atoms with Gasteiger partial charge in [-0.1, -0.05) is 33.6 Å². The van der Waals surface area contributed by atoms with E-state index in [1.165, 1.54) is 31.2 Å². The second-order valence-electron chi connectivity index (χ2n) is 5.53. The number of unbranched alkanes of at least 4 members (excludes halogenated alkanes) is 2. The molecule has 1 atom stereocenters. The average Bonchev–Trinajstić information content (AvgIpc) is 2.90. The van der Waals surface area contributed by atoms with E-state index in [9.17, 15) is 0 Å². The molecule has 0 aromatic carbocycles. The Morgan fingerprint density at radius 1 is 1.15 bits per heavy atom. The summed E-state index contributed by atoms with van der Waals surface area (Å²) >= 11 is 0. The van der Waals surface area contributed by atoms with Gasteiger partial charge in [0.05, 0.1) is 12.2 Å². The molecule has 0 fully saturated rings. The van der Waals surface area contributed by atoms with E-state index in [0.717, 1.165) is 26.1 Å². The first-order chi connectivity index (χ1) is 9.76. The van der Waals surface area contributed by atoms with E-state index in [4.69, 9.17) is 5.73 Å². The van der Waals surface area contributed by atoms with Crippen molar-refractivity contribution >= 4 is 0 Å². The summed E-state index contributed by atoms with van der Waals surface area (Å²) in [6, 6.07) is 0.318. The number of hydrogen-bond donors (Lipinski definition) is 1. The van der Waals surface area contributed by atoms with E-state index < -0.39 is 0 Å². The lowest BCUT2D eigenvalue weighted by molar-refractivity contribution is 0.195. The maximum atomic E-state index is 6.05. The highest BCUT2D eigenvalue weighted by Crippen LogP contribution is 2.20. The standard InChI is InChI=1S/C16H32N4/c1-4-7-10-19(11-8-5-2)16(12-17)15-13-18-20(14-15)9-6-3/h13-14,16H,4-12,17H2,1-3H3. The Hall–Kier alpha value is -0.870. The van der Waals surface area contributed by atoms with Crippen molar-refractivity contribution in [3.05, 3.63) is 18.0 Å². The van der Waals surface area contributed by atoms with Crippen LogP contribution in [0, 0.1) is 0 Å². The zero-order valence-electron chi connectivity index (χ0n) is 13.5. The molecule has 1 aromatic rings. The summed E-state index contributed by atoms with van der Waals surface area (Å²) in [5, 5.41) is 4.45. The predicted octanol–water partition coefficient (Wildman–Crippen LogP) is 3.20. The van der Waals surface area contributed by atoms with Crippen LogP contribution >= 0.6 is 0 Å². The molecule has 1 heterocycles. The zero-order valence-corrected chi connectivity index (χ0v) is 13.5. The Labute approximate surface area is 124 Å². The molecule has 0 bridgehead atoms. The van der Waals surface area contributed by atoms with Crippen molar-refractivity contribution in [1.29, 1.82) is 0 Å². The monoisotopic (exact) mass is 280 g/mol. The van der Waals surface area contributed by atoms with Crippen molar-refractivity contribution in [2.45, 2.75) is 65.5 Å². The highest BCUT2D eigenvalue weighted by molar-refractivity contribution is 5.11. The van der Waals surface area contributed by atoms with Crippen molar-refractivity contribution in [3.8, 4) is 0 Å². The molecule has 4 nitrogen and oxygen atoms in total. The Balaban J connectivity index is 2.75. The van der Waals surface area contributed by atoms with Crippen LogP contribution in [0.1, 0.15) is 64.5 Å². The Bertz CT molecular complexity index is 340. The van der Waals surface area contributed by atoms with Crippen LogP contribution in [0.2, 0.25) is 0 Å². The quantitative estimate of drug-likeness (QED) is 0.677. The first-order valence-electron chi connectivity index (χ1n) is 8.23. The van der Waals surface area contributed by atoms with Crippen molar-refractivity contribution in [1.82, 2.24) is 14.7 Å². The van der Waals surface area contributed by atoms with E-state index >= 15 is 0 Å². The molecular weight excluding hydrogens is 248 g/mol. The van der Waals surface area contributed by atoms with Gasteiger partial charge in [0, 0.05) is 24.8 Å². The third-order valence-electron chi connectivity index (χ3n) is 3.75. The molecule has 4 heteroatoms. The fourth-order valence-electron chi connectivity index (χ4n) is 2.54. The van der Waals surface area contributed by atoms with E-state index in [1.54, 1.807) is 0 Å². The maximum absolute atomic E-state index is 6.05. The SMILES string of the molecule is CCCCN(CCCC)C(CN)c1cnn(CCC)c1. The number of hydrogen-bond acceptors (Lipinski definition) is 3. The Kier molecular flexibility index (Phi) is 8.54. The minimum absolute atomic E-state index is 0.318. The van der Waals surface area contributed by atoms with Gasteiger partial charge in [-0.3, -0.25) is 9.58 Å². The fourth-order valence-corrected chi connectivity index (χ4v) is 2.54. The summed E-state index contributed by atoms with van der Waals surface area (Å²) in [5.41, 5.74) is 7.33. The van der Waals surface area contributed by atoms with Crippen LogP contribution in [-0.2, 0) is 6.54 Å². The Morgan fingerprint density at radius 3 is 2.30 bits per heavy atom. The second-order valence-corrected chi connectivity index (χ2v) is 5.53. The van der Waals surface area contributed by atoms with Crippen LogP contribution in [0.3, 0.4) is 0 Å². The molecule has 0 saturated heterocycles. The number of nitrogens with two attached hydrogens (primary N) is 1. The topological polar surface area (TPSA) is 47.1 Å². The largest absolute Gasteiger partial charge is 0.329 e. The van der Waals surface area contributed by atoms with Gasteiger partial charge in [-0.05, 0) is 32.4 Å². The Morgan fingerprint density at radius 2 is 1.80 bits per heavy atom. The molecule has 1 unspecified atom stereocenters. The highest BCUT2D eigenvalue weighted by Gasteiger charge is 2.19. The van der Waals surface area contributed by atoms with Gasteiger partial charge >= 0.3 is 0 Å². The minimum Gasteiger partial charge on any atom is -0.329 e. The first-order valence-corrected chi connectivity index (χ1v) is 8.23. The van der Waals surface area contributed by atoms with Crippen LogP contribution in [0.4, 0.5) is 0 Å². The van der Waals surface area contributed by atoms with Gasteiger partial charge in [0.25, 0.3) is 0 Å². The zero-order chi connectivity index (χ0) is 14.8. The maximum Gasteiger partial charge on any atom is 0.0538 e. The summed E-state index contributed by atoms with van der Waals surface area (Å²) in [6.07, 6.45) is 10.2. The molecule has 116 valence electrons. The summed E-state index contributed by atoms with van der Waals surface area (Å²) in [7, 11) is 0. The van der Waals surface area contributed by atoms with Gasteiger partial charge in [0.1, 0.15) is 0 Å². The molecule has 0 amide bonds. The van der Waals surface area contributed by atoms with Crippen molar-refractivity contribution < 1.29 is 0 Å². The molecule has 0 aliphatic carbocycles. The molecule has 0 saturated carbocycles. The highest BCUT2D eigenvalue weighted by atomic mass is 15.3. The smallest absolute Gasteiger partial charge is 0.0538 e. The van der Waals surface area contributed by atoms with Gasteiger partial charge in [0.15, 0.2) is 0 Å². The lowest BCUT2D eigenvalue weighted by Gasteiger charge is -2.30. The molecule has 0 spiro atoms. The second kappa shape index (κ2) is 9.94. The number of aromatic nitrogens is 2. The van der Waals surface area contributed by atoms with Crippen LogP contribution in [0.5, 0.6) is 0 Å². The normalized spacial score (nSPS) is 13.1. The molecule has 2 N–H and O–H groups in total. The molecule has 1 aromatic heterocycles. The molecule has 0 aliphatic heterocycles. The lowest BCUT2D eigenvalue weighted by Crippen LogP contribution is -2.35. The van der Waals surface area contributed by atoms with Crippen molar-refractivity contribution in [2.75, 3.05) is 19.6 Å². The van der Waals surface area contributed by atoms with Gasteiger partial charge in [0.2, 0.25) is 0 Å². The molecule has 20 heavy (non-hydrogen) atoms. The number of aryl methyl sites for hydroxylation is 1. The van der Waals surface area contributed by atoms with Crippen molar-refractivity contribution in [3.63, 3.8) is 0 Å². The van der Waals surface area contributed by atoms with Gasteiger partial charge in [-0.2, -0.15) is 5.10 Å². The number of nitrogens with zero attached hydrogens (tertiary/aromatic N) is 3. The average molecular weight is 280 g/mol. The molecule has 1 rings (SSSR count). The summed E-state index contributed by atoms with van der Waals surface area (Å²) in [5.74, 6) is 0. The molecule has 0 aliphatic rings. The van der Waals surface area contributed by atoms with E-state index in [0.29, 0.717) is 12.6 Å². The van der Waals surface area contributed by atoms with Crippen LogP contribution in [0.25, 0.3) is 0 Å².